The van der Waals surface area contributed by atoms with E-state index in [-0.39, 0.29) is 17.6 Å². The number of carbonyl (C=O) groups is 1. The lowest BCUT2D eigenvalue weighted by molar-refractivity contribution is -0.122. The highest BCUT2D eigenvalue weighted by Gasteiger charge is 2.21. The topological polar surface area (TPSA) is 56.0 Å². The molecule has 1 aromatic heterocycles. The van der Waals surface area contributed by atoms with Crippen LogP contribution in [0.3, 0.4) is 0 Å². The Kier molecular flexibility index (Phi) is 5.33. The first kappa shape index (κ1) is 18.5. The second-order valence-electron chi connectivity index (χ2n) is 7.54. The number of rotatable bonds is 6. The van der Waals surface area contributed by atoms with E-state index < -0.39 is 0 Å². The molecule has 0 spiro atoms. The zero-order valence-electron chi connectivity index (χ0n) is 16.4. The number of aryl methyl sites for hydroxylation is 3. The third-order valence-electron chi connectivity index (χ3n) is 5.64. The average molecular weight is 377 g/mol. The van der Waals surface area contributed by atoms with Gasteiger partial charge >= 0.3 is 5.69 Å². The summed E-state index contributed by atoms with van der Waals surface area (Å²) in [7, 11) is 0. The standard InChI is InChI=1S/C23H27N3O2/c1-2-15-25-20-12-5-6-13-21(20)26(23(25)28)16-14-22(27)24-19-11-7-9-17-8-3-4-10-18(17)19/h3-6,8,10,12-13,19H,2,7,9,11,14-16H2,1H3,(H,24,27)/t19-/m1/s1. The summed E-state index contributed by atoms with van der Waals surface area (Å²) in [6.07, 6.45) is 4.34. The van der Waals surface area contributed by atoms with Crippen LogP contribution in [0.5, 0.6) is 0 Å². The van der Waals surface area contributed by atoms with Gasteiger partial charge in [-0.05, 0) is 48.9 Å². The van der Waals surface area contributed by atoms with Gasteiger partial charge in [-0.2, -0.15) is 0 Å². The van der Waals surface area contributed by atoms with Gasteiger partial charge in [0, 0.05) is 19.5 Å². The maximum atomic E-state index is 12.8. The summed E-state index contributed by atoms with van der Waals surface area (Å²) in [5, 5.41) is 3.18. The molecule has 5 nitrogen and oxygen atoms in total. The van der Waals surface area contributed by atoms with E-state index in [4.69, 9.17) is 0 Å². The van der Waals surface area contributed by atoms with Crippen molar-refractivity contribution >= 4 is 16.9 Å². The molecule has 0 saturated carbocycles. The number of hydrogen-bond acceptors (Lipinski definition) is 2. The van der Waals surface area contributed by atoms with E-state index in [9.17, 15) is 9.59 Å². The number of para-hydroxylation sites is 2. The van der Waals surface area contributed by atoms with Gasteiger partial charge in [0.2, 0.25) is 5.91 Å². The van der Waals surface area contributed by atoms with Gasteiger partial charge in [-0.25, -0.2) is 4.79 Å². The molecule has 146 valence electrons. The van der Waals surface area contributed by atoms with Crippen LogP contribution in [0.25, 0.3) is 11.0 Å². The molecule has 1 heterocycles. The van der Waals surface area contributed by atoms with Crippen molar-refractivity contribution in [1.29, 1.82) is 0 Å². The molecule has 0 fully saturated rings. The number of aromatic nitrogens is 2. The van der Waals surface area contributed by atoms with Crippen LogP contribution in [0, 0.1) is 0 Å². The number of fused-ring (bicyclic) bond motifs is 2. The van der Waals surface area contributed by atoms with E-state index in [0.717, 1.165) is 36.7 Å². The number of carbonyl (C=O) groups excluding carboxylic acids is 1. The molecule has 1 aliphatic carbocycles. The first-order valence-electron chi connectivity index (χ1n) is 10.2. The fourth-order valence-electron chi connectivity index (χ4n) is 4.31. The van der Waals surface area contributed by atoms with Crippen LogP contribution >= 0.6 is 0 Å². The van der Waals surface area contributed by atoms with Gasteiger partial charge in [-0.15, -0.1) is 0 Å². The third-order valence-corrected chi connectivity index (χ3v) is 5.64. The average Bonchev–Trinajstić information content (AvgIpc) is 2.98. The molecule has 0 aliphatic heterocycles. The Balaban J connectivity index is 1.49. The van der Waals surface area contributed by atoms with Crippen molar-refractivity contribution in [3.63, 3.8) is 0 Å². The van der Waals surface area contributed by atoms with Crippen LogP contribution in [0.2, 0.25) is 0 Å². The van der Waals surface area contributed by atoms with E-state index in [2.05, 4.69) is 30.4 Å². The van der Waals surface area contributed by atoms with Gasteiger partial charge in [0.25, 0.3) is 0 Å². The molecule has 0 bridgehead atoms. The summed E-state index contributed by atoms with van der Waals surface area (Å²) in [4.78, 5) is 25.5. The summed E-state index contributed by atoms with van der Waals surface area (Å²) < 4.78 is 3.55. The van der Waals surface area contributed by atoms with Gasteiger partial charge in [-0.1, -0.05) is 43.3 Å². The number of benzene rings is 2. The molecule has 2 aromatic carbocycles. The zero-order valence-corrected chi connectivity index (χ0v) is 16.4. The van der Waals surface area contributed by atoms with Crippen molar-refractivity contribution < 1.29 is 4.79 Å². The minimum Gasteiger partial charge on any atom is -0.349 e. The Morgan fingerprint density at radius 2 is 1.71 bits per heavy atom. The molecular weight excluding hydrogens is 350 g/mol. The molecule has 28 heavy (non-hydrogen) atoms. The third kappa shape index (κ3) is 3.49. The summed E-state index contributed by atoms with van der Waals surface area (Å²) >= 11 is 0. The van der Waals surface area contributed by atoms with Gasteiger partial charge < -0.3 is 5.32 Å². The molecule has 0 unspecified atom stereocenters. The van der Waals surface area contributed by atoms with E-state index in [1.807, 2.05) is 34.9 Å². The molecule has 1 atom stereocenters. The Morgan fingerprint density at radius 1 is 1.04 bits per heavy atom. The van der Waals surface area contributed by atoms with Crippen LogP contribution < -0.4 is 11.0 Å². The number of imidazole rings is 1. The SMILES string of the molecule is CCCn1c(=O)n(CCC(=O)N[C@@H]2CCCc3ccccc32)c2ccccc21. The van der Waals surface area contributed by atoms with Gasteiger partial charge in [-0.3, -0.25) is 13.9 Å². The van der Waals surface area contributed by atoms with E-state index in [0.29, 0.717) is 19.5 Å². The predicted molar refractivity (Wildman–Crippen MR) is 111 cm³/mol. The van der Waals surface area contributed by atoms with Gasteiger partial charge in [0.15, 0.2) is 0 Å². The fraction of sp³-hybridized carbons (Fsp3) is 0.391. The fourth-order valence-corrected chi connectivity index (χ4v) is 4.31. The molecular formula is C23H27N3O2. The lowest BCUT2D eigenvalue weighted by Gasteiger charge is -2.26. The maximum Gasteiger partial charge on any atom is 0.329 e. The minimum atomic E-state index is -0.0288. The molecule has 4 rings (SSSR count). The lowest BCUT2D eigenvalue weighted by Crippen LogP contribution is -2.32. The summed E-state index contributed by atoms with van der Waals surface area (Å²) in [5.74, 6) is 0.000857. The number of nitrogens with one attached hydrogen (secondary N) is 1. The summed E-state index contributed by atoms with van der Waals surface area (Å²) in [6, 6.07) is 16.3. The van der Waals surface area contributed by atoms with Crippen molar-refractivity contribution in [3.05, 3.63) is 70.1 Å². The van der Waals surface area contributed by atoms with Crippen LogP contribution in [0.1, 0.15) is 49.8 Å². The largest absolute Gasteiger partial charge is 0.349 e. The van der Waals surface area contributed by atoms with E-state index in [1.54, 1.807) is 4.57 Å². The molecule has 3 aromatic rings. The lowest BCUT2D eigenvalue weighted by atomic mass is 9.88. The van der Waals surface area contributed by atoms with Crippen LogP contribution in [-0.2, 0) is 24.3 Å². The first-order chi connectivity index (χ1) is 13.7. The minimum absolute atomic E-state index is 0.000857. The van der Waals surface area contributed by atoms with Gasteiger partial charge in [0.05, 0.1) is 17.1 Å². The van der Waals surface area contributed by atoms with E-state index in [1.165, 1.54) is 11.1 Å². The van der Waals surface area contributed by atoms with Crippen molar-refractivity contribution in [2.45, 2.75) is 58.2 Å². The molecule has 0 saturated heterocycles. The highest BCUT2D eigenvalue weighted by molar-refractivity contribution is 5.78. The van der Waals surface area contributed by atoms with Crippen molar-refractivity contribution in [3.8, 4) is 0 Å². The van der Waals surface area contributed by atoms with Crippen molar-refractivity contribution in [1.82, 2.24) is 14.5 Å². The monoisotopic (exact) mass is 377 g/mol. The molecule has 1 aliphatic rings. The second kappa shape index (κ2) is 8.05. The zero-order chi connectivity index (χ0) is 19.5. The molecule has 0 radical (unpaired) electrons. The van der Waals surface area contributed by atoms with Crippen LogP contribution in [0.15, 0.2) is 53.3 Å². The quantitative estimate of drug-likeness (QED) is 0.710. The molecule has 1 N–H and O–H groups in total. The Morgan fingerprint density at radius 3 is 2.46 bits per heavy atom. The molecule has 1 amide bonds. The number of amides is 1. The normalized spacial score (nSPS) is 16.1. The van der Waals surface area contributed by atoms with Crippen molar-refractivity contribution in [2.75, 3.05) is 0 Å². The van der Waals surface area contributed by atoms with Crippen LogP contribution in [-0.4, -0.2) is 15.0 Å². The summed E-state index contributed by atoms with van der Waals surface area (Å²) in [5.41, 5.74) is 4.38. The van der Waals surface area contributed by atoms with Gasteiger partial charge in [0.1, 0.15) is 0 Å². The Hall–Kier alpha value is -2.82. The Labute approximate surface area is 165 Å². The highest BCUT2D eigenvalue weighted by Crippen LogP contribution is 2.29. The maximum absolute atomic E-state index is 12.8. The van der Waals surface area contributed by atoms with Crippen molar-refractivity contribution in [2.24, 2.45) is 0 Å². The number of nitrogens with zero attached hydrogens (tertiary/aromatic N) is 2. The van der Waals surface area contributed by atoms with E-state index >= 15 is 0 Å². The predicted octanol–water partition coefficient (Wildman–Crippen LogP) is 3.80. The summed E-state index contributed by atoms with van der Waals surface area (Å²) in [6.45, 7) is 3.15. The van der Waals surface area contributed by atoms with Crippen LogP contribution in [0.4, 0.5) is 0 Å². The second-order valence-corrected chi connectivity index (χ2v) is 7.54. The smallest absolute Gasteiger partial charge is 0.329 e. The molecule has 5 heteroatoms. The highest BCUT2D eigenvalue weighted by atomic mass is 16.2. The number of hydrogen-bond donors (Lipinski definition) is 1. The first-order valence-corrected chi connectivity index (χ1v) is 10.2. The Bertz CT molecular complexity index is 1050.